The summed E-state index contributed by atoms with van der Waals surface area (Å²) in [6, 6.07) is 20.9. The van der Waals surface area contributed by atoms with Crippen molar-refractivity contribution in [2.24, 2.45) is 5.41 Å². The summed E-state index contributed by atoms with van der Waals surface area (Å²) in [6.45, 7) is 4.12. The quantitative estimate of drug-likeness (QED) is 0.195. The third kappa shape index (κ3) is 4.68. The van der Waals surface area contributed by atoms with Gasteiger partial charge in [-0.2, -0.15) is 10.1 Å². The number of esters is 1. The Bertz CT molecular complexity index is 1840. The summed E-state index contributed by atoms with van der Waals surface area (Å²) in [5.41, 5.74) is 3.18. The van der Waals surface area contributed by atoms with E-state index in [9.17, 15) is 19.2 Å². The third-order valence-electron chi connectivity index (χ3n) is 8.35. The molecule has 3 aromatic carbocycles. The van der Waals surface area contributed by atoms with Gasteiger partial charge in [0, 0.05) is 24.1 Å². The molecule has 0 radical (unpaired) electrons. The van der Waals surface area contributed by atoms with Crippen LogP contribution < -0.4 is 10.1 Å². The lowest BCUT2D eigenvalue weighted by Crippen LogP contribution is -2.48. The maximum Gasteiger partial charge on any atom is 0.335 e. The van der Waals surface area contributed by atoms with E-state index in [0.717, 1.165) is 16.2 Å². The number of nitrogens with one attached hydrogen (secondary N) is 1. The minimum absolute atomic E-state index is 0.0193. The molecule has 3 heterocycles. The molecule has 2 amide bonds. The maximum atomic E-state index is 13.9. The molecule has 0 fully saturated rings. The van der Waals surface area contributed by atoms with Crippen molar-refractivity contribution in [1.29, 1.82) is 0 Å². The van der Waals surface area contributed by atoms with Crippen LogP contribution in [0.25, 0.3) is 0 Å². The number of ether oxygens (including phenoxy) is 1. The van der Waals surface area contributed by atoms with Gasteiger partial charge in [0.25, 0.3) is 11.8 Å². The number of aromatic nitrogens is 3. The predicted octanol–water partition coefficient (Wildman–Crippen LogP) is 4.75. The van der Waals surface area contributed by atoms with E-state index in [-0.39, 0.29) is 34.5 Å². The van der Waals surface area contributed by atoms with Gasteiger partial charge in [0.15, 0.2) is 5.78 Å². The van der Waals surface area contributed by atoms with Crippen LogP contribution >= 0.6 is 0 Å². The molecule has 1 aromatic heterocycles. The summed E-state index contributed by atoms with van der Waals surface area (Å²) < 4.78 is 7.57. The zero-order chi connectivity index (χ0) is 30.6. The van der Waals surface area contributed by atoms with Crippen LogP contribution in [-0.4, -0.2) is 49.3 Å². The molecule has 2 unspecified atom stereocenters. The second-order valence-corrected chi connectivity index (χ2v) is 12.1. The predicted molar refractivity (Wildman–Crippen MR) is 160 cm³/mol. The SMILES string of the molecule is CC1(C)CC(=O)C2=C(C1)Nc1ncnn1C2c1cccc(OC(=O)C(Cc2ccccc2)N2C(=O)c3ccccc3C2=O)c1. The van der Waals surface area contributed by atoms with Crippen molar-refractivity contribution < 1.29 is 23.9 Å². The highest BCUT2D eigenvalue weighted by Gasteiger charge is 2.44. The highest BCUT2D eigenvalue weighted by molar-refractivity contribution is 6.22. The van der Waals surface area contributed by atoms with Crippen LogP contribution in [0.2, 0.25) is 0 Å². The Hall–Kier alpha value is -5.38. The van der Waals surface area contributed by atoms with Crippen molar-refractivity contribution in [3.63, 3.8) is 0 Å². The molecule has 220 valence electrons. The largest absolute Gasteiger partial charge is 0.425 e. The number of ketones is 1. The van der Waals surface area contributed by atoms with Crippen molar-refractivity contribution in [1.82, 2.24) is 19.7 Å². The van der Waals surface area contributed by atoms with Crippen molar-refractivity contribution in [2.45, 2.75) is 45.2 Å². The van der Waals surface area contributed by atoms with E-state index in [1.807, 2.05) is 36.4 Å². The molecule has 1 N–H and O–H groups in total. The minimum Gasteiger partial charge on any atom is -0.425 e. The highest BCUT2D eigenvalue weighted by atomic mass is 16.5. The molecule has 1 aliphatic carbocycles. The maximum absolute atomic E-state index is 13.9. The van der Waals surface area contributed by atoms with Crippen LogP contribution in [0.15, 0.2) is 96.5 Å². The van der Waals surface area contributed by atoms with Gasteiger partial charge in [-0.15, -0.1) is 0 Å². The number of carbonyl (C=O) groups excluding carboxylic acids is 4. The number of rotatable bonds is 6. The minimum atomic E-state index is -1.20. The molecule has 10 nitrogen and oxygen atoms in total. The first-order valence-electron chi connectivity index (χ1n) is 14.5. The number of fused-ring (bicyclic) bond motifs is 2. The number of imide groups is 1. The number of allylic oxidation sites excluding steroid dienone is 2. The van der Waals surface area contributed by atoms with E-state index in [0.29, 0.717) is 29.9 Å². The van der Waals surface area contributed by atoms with Gasteiger partial charge in [-0.1, -0.05) is 68.4 Å². The second-order valence-electron chi connectivity index (χ2n) is 12.1. The Kier molecular flexibility index (Phi) is 6.49. The molecule has 0 spiro atoms. The Morgan fingerprint density at radius 1 is 0.955 bits per heavy atom. The summed E-state index contributed by atoms with van der Waals surface area (Å²) in [5.74, 6) is -1.07. The Labute approximate surface area is 253 Å². The summed E-state index contributed by atoms with van der Waals surface area (Å²) >= 11 is 0. The van der Waals surface area contributed by atoms with Crippen molar-refractivity contribution in [2.75, 3.05) is 5.32 Å². The van der Waals surface area contributed by atoms with Crippen LogP contribution in [-0.2, 0) is 16.0 Å². The fraction of sp³-hybridized carbons (Fsp3) is 0.235. The van der Waals surface area contributed by atoms with Crippen LogP contribution in [0.3, 0.4) is 0 Å². The van der Waals surface area contributed by atoms with Gasteiger partial charge in [-0.25, -0.2) is 9.48 Å². The Balaban J connectivity index is 1.23. The van der Waals surface area contributed by atoms with Crippen LogP contribution in [0, 0.1) is 5.41 Å². The fourth-order valence-electron chi connectivity index (χ4n) is 6.40. The molecule has 7 rings (SSSR count). The van der Waals surface area contributed by atoms with E-state index in [1.165, 1.54) is 6.33 Å². The van der Waals surface area contributed by atoms with Crippen molar-refractivity contribution in [3.8, 4) is 5.75 Å². The van der Waals surface area contributed by atoms with Crippen molar-refractivity contribution in [3.05, 3.63) is 119 Å². The lowest BCUT2D eigenvalue weighted by Gasteiger charge is -2.38. The molecule has 3 aliphatic rings. The monoisotopic (exact) mass is 587 g/mol. The molecule has 44 heavy (non-hydrogen) atoms. The molecule has 0 bridgehead atoms. The molecule has 4 aromatic rings. The molecule has 0 saturated heterocycles. The van der Waals surface area contributed by atoms with E-state index >= 15 is 0 Å². The van der Waals surface area contributed by atoms with Gasteiger partial charge < -0.3 is 10.1 Å². The summed E-state index contributed by atoms with van der Waals surface area (Å²) in [6.07, 6.45) is 2.59. The first kappa shape index (κ1) is 27.5. The fourth-order valence-corrected chi connectivity index (χ4v) is 6.40. The number of carbonyl (C=O) groups is 4. The lowest BCUT2D eigenvalue weighted by atomic mass is 9.73. The first-order valence-corrected chi connectivity index (χ1v) is 14.5. The van der Waals surface area contributed by atoms with Crippen LogP contribution in [0.5, 0.6) is 5.75 Å². The summed E-state index contributed by atoms with van der Waals surface area (Å²) in [4.78, 5) is 59.5. The number of benzene rings is 3. The topological polar surface area (TPSA) is 123 Å². The Morgan fingerprint density at radius 2 is 1.66 bits per heavy atom. The number of Topliss-reactive ketones (excluding diaryl/α,β-unsaturated/α-hetero) is 1. The Morgan fingerprint density at radius 3 is 2.39 bits per heavy atom. The first-order chi connectivity index (χ1) is 21.2. The normalized spacial score (nSPS) is 19.2. The van der Waals surface area contributed by atoms with Crippen LogP contribution in [0.1, 0.15) is 64.6 Å². The van der Waals surface area contributed by atoms with E-state index in [4.69, 9.17) is 4.74 Å². The van der Waals surface area contributed by atoms with Gasteiger partial charge in [-0.05, 0) is 47.2 Å². The van der Waals surface area contributed by atoms with E-state index in [1.54, 1.807) is 47.1 Å². The smallest absolute Gasteiger partial charge is 0.335 e. The number of amides is 2. The number of hydrogen-bond donors (Lipinski definition) is 1. The second kappa shape index (κ2) is 10.4. The zero-order valence-corrected chi connectivity index (χ0v) is 24.2. The van der Waals surface area contributed by atoms with Gasteiger partial charge in [0.2, 0.25) is 5.95 Å². The lowest BCUT2D eigenvalue weighted by molar-refractivity contribution is -0.138. The number of hydrogen-bond acceptors (Lipinski definition) is 8. The van der Waals surface area contributed by atoms with E-state index < -0.39 is 29.9 Å². The summed E-state index contributed by atoms with van der Waals surface area (Å²) in [5, 5.41) is 7.69. The zero-order valence-electron chi connectivity index (χ0n) is 24.2. The average molecular weight is 588 g/mol. The molecule has 0 saturated carbocycles. The van der Waals surface area contributed by atoms with Gasteiger partial charge >= 0.3 is 5.97 Å². The number of anilines is 1. The van der Waals surface area contributed by atoms with Gasteiger partial charge in [-0.3, -0.25) is 19.3 Å². The van der Waals surface area contributed by atoms with Gasteiger partial charge in [0.05, 0.1) is 11.1 Å². The van der Waals surface area contributed by atoms with Crippen LogP contribution in [0.4, 0.5) is 5.95 Å². The third-order valence-corrected chi connectivity index (χ3v) is 8.35. The molecule has 10 heteroatoms. The van der Waals surface area contributed by atoms with Crippen molar-refractivity contribution >= 4 is 29.5 Å². The van der Waals surface area contributed by atoms with E-state index in [2.05, 4.69) is 29.2 Å². The molecular weight excluding hydrogens is 558 g/mol. The number of nitrogens with zero attached hydrogens (tertiary/aromatic N) is 4. The molecule has 2 aliphatic heterocycles. The molecular formula is C34H29N5O5. The molecule has 2 atom stereocenters. The summed E-state index contributed by atoms with van der Waals surface area (Å²) in [7, 11) is 0. The standard InChI is InChI=1S/C34H29N5O5/c1-34(2)17-25-28(27(40)18-34)29(39-33(37-25)35-19-36-39)21-11-8-12-22(16-21)44-32(43)26(15-20-9-4-3-5-10-20)38-30(41)23-13-6-7-14-24(23)31(38)42/h3-14,16,19,26,29H,15,17-18H2,1-2H3,(H,35,36,37). The van der Waals surface area contributed by atoms with Gasteiger partial charge in [0.1, 0.15) is 24.2 Å². The highest BCUT2D eigenvalue weighted by Crippen LogP contribution is 2.45. The average Bonchev–Trinajstić information content (AvgIpc) is 3.57.